The average molecular weight is 255 g/mol. The Hall–Kier alpha value is -1.59. The fourth-order valence-electron chi connectivity index (χ4n) is 1.44. The average Bonchev–Trinajstić information content (AvgIpc) is 2.77. The van der Waals surface area contributed by atoms with E-state index in [1.165, 1.54) is 0 Å². The molecule has 0 saturated carbocycles. The van der Waals surface area contributed by atoms with E-state index in [0.717, 1.165) is 16.6 Å². The lowest BCUT2D eigenvalue weighted by atomic mass is 10.1. The first-order chi connectivity index (χ1) is 7.72. The number of aromatic nitrogens is 2. The normalized spacial score (nSPS) is 11.9. The number of anilines is 1. The molecule has 1 aromatic carbocycles. The molecule has 0 radical (unpaired) electrons. The predicted molar refractivity (Wildman–Crippen MR) is 70.2 cm³/mol. The first kappa shape index (κ1) is 13.5. The van der Waals surface area contributed by atoms with Crippen LogP contribution in [0.15, 0.2) is 24.4 Å². The quantitative estimate of drug-likeness (QED) is 0.776. The summed E-state index contributed by atoms with van der Waals surface area (Å²) in [4.78, 5) is 11.7. The van der Waals surface area contributed by atoms with E-state index < -0.39 is 0 Å². The Morgan fingerprint density at radius 3 is 3.06 bits per heavy atom. The van der Waals surface area contributed by atoms with Crippen LogP contribution in [0.5, 0.6) is 0 Å². The zero-order chi connectivity index (χ0) is 11.5. The molecule has 0 bridgehead atoms. The van der Waals surface area contributed by atoms with Crippen molar-refractivity contribution in [3.8, 4) is 0 Å². The van der Waals surface area contributed by atoms with E-state index in [0.29, 0.717) is 6.54 Å². The van der Waals surface area contributed by atoms with Gasteiger partial charge in [-0.2, -0.15) is 5.10 Å². The second kappa shape index (κ2) is 5.65. The molecule has 1 amide bonds. The molecule has 0 aliphatic carbocycles. The van der Waals surface area contributed by atoms with Gasteiger partial charge in [0.2, 0.25) is 5.91 Å². The van der Waals surface area contributed by atoms with Crippen molar-refractivity contribution in [1.82, 2.24) is 10.2 Å². The van der Waals surface area contributed by atoms with E-state index in [1.807, 2.05) is 18.2 Å². The number of aromatic amines is 1. The van der Waals surface area contributed by atoms with Crippen LogP contribution in [-0.4, -0.2) is 22.6 Å². The van der Waals surface area contributed by atoms with Gasteiger partial charge in [0, 0.05) is 17.8 Å². The standard InChI is InChI=1S/C11H14N4O.ClH/c1-7(5-12)11(16)14-9-4-2-3-8-6-13-15-10(8)9;/h2-4,6-7H,5,12H2,1H3,(H,13,15)(H,14,16);1H. The molecule has 1 atom stereocenters. The summed E-state index contributed by atoms with van der Waals surface area (Å²) in [5.41, 5.74) is 7.01. The van der Waals surface area contributed by atoms with Gasteiger partial charge in [0.1, 0.15) is 0 Å². The van der Waals surface area contributed by atoms with Crippen molar-refractivity contribution in [2.24, 2.45) is 11.7 Å². The third kappa shape index (κ3) is 2.75. The summed E-state index contributed by atoms with van der Waals surface area (Å²) in [6, 6.07) is 5.64. The molecule has 1 heterocycles. The maximum atomic E-state index is 11.7. The SMILES string of the molecule is CC(CN)C(=O)Nc1cccc2cn[nH]c12.Cl. The molecule has 1 aromatic heterocycles. The Morgan fingerprint density at radius 1 is 1.59 bits per heavy atom. The van der Waals surface area contributed by atoms with Crippen LogP contribution in [0.25, 0.3) is 10.9 Å². The predicted octanol–water partition coefficient (Wildman–Crippen LogP) is 1.52. The fraction of sp³-hybridized carbons (Fsp3) is 0.273. The Morgan fingerprint density at radius 2 is 2.35 bits per heavy atom. The monoisotopic (exact) mass is 254 g/mol. The summed E-state index contributed by atoms with van der Waals surface area (Å²) in [5, 5.41) is 10.6. The van der Waals surface area contributed by atoms with E-state index in [4.69, 9.17) is 5.73 Å². The molecule has 0 fully saturated rings. The molecule has 2 aromatic rings. The van der Waals surface area contributed by atoms with Gasteiger partial charge in [-0.3, -0.25) is 9.89 Å². The number of para-hydroxylation sites is 1. The third-order valence-corrected chi connectivity index (χ3v) is 2.54. The van der Waals surface area contributed by atoms with Crippen LogP contribution >= 0.6 is 12.4 Å². The molecule has 5 nitrogen and oxygen atoms in total. The summed E-state index contributed by atoms with van der Waals surface area (Å²) >= 11 is 0. The number of hydrogen-bond donors (Lipinski definition) is 3. The minimum Gasteiger partial charge on any atom is -0.330 e. The van der Waals surface area contributed by atoms with Crippen LogP contribution in [0.2, 0.25) is 0 Å². The number of H-pyrrole nitrogens is 1. The first-order valence-corrected chi connectivity index (χ1v) is 5.15. The number of carbonyl (C=O) groups is 1. The number of nitrogens with one attached hydrogen (secondary N) is 2. The first-order valence-electron chi connectivity index (χ1n) is 5.15. The van der Waals surface area contributed by atoms with Gasteiger partial charge >= 0.3 is 0 Å². The molecule has 0 spiro atoms. The number of rotatable bonds is 3. The van der Waals surface area contributed by atoms with Crippen molar-refractivity contribution in [3.63, 3.8) is 0 Å². The van der Waals surface area contributed by atoms with Gasteiger partial charge in [0.05, 0.1) is 17.4 Å². The number of fused-ring (bicyclic) bond motifs is 1. The van der Waals surface area contributed by atoms with Crippen molar-refractivity contribution in [1.29, 1.82) is 0 Å². The van der Waals surface area contributed by atoms with Crippen LogP contribution in [-0.2, 0) is 4.79 Å². The number of benzene rings is 1. The van der Waals surface area contributed by atoms with Crippen LogP contribution in [0.3, 0.4) is 0 Å². The number of hydrogen-bond acceptors (Lipinski definition) is 3. The van der Waals surface area contributed by atoms with Gasteiger partial charge in [0.15, 0.2) is 0 Å². The van der Waals surface area contributed by atoms with E-state index in [1.54, 1.807) is 13.1 Å². The Balaban J connectivity index is 0.00000144. The van der Waals surface area contributed by atoms with Crippen molar-refractivity contribution in [2.45, 2.75) is 6.92 Å². The van der Waals surface area contributed by atoms with Gasteiger partial charge < -0.3 is 11.1 Å². The van der Waals surface area contributed by atoms with E-state index >= 15 is 0 Å². The van der Waals surface area contributed by atoms with Gasteiger partial charge in [-0.25, -0.2) is 0 Å². The molecule has 0 aliphatic heterocycles. The molecule has 4 N–H and O–H groups in total. The number of amides is 1. The lowest BCUT2D eigenvalue weighted by Gasteiger charge is -2.10. The smallest absolute Gasteiger partial charge is 0.228 e. The zero-order valence-electron chi connectivity index (χ0n) is 9.43. The molecule has 6 heteroatoms. The van der Waals surface area contributed by atoms with Gasteiger partial charge in [-0.05, 0) is 6.07 Å². The second-order valence-corrected chi connectivity index (χ2v) is 3.77. The zero-order valence-corrected chi connectivity index (χ0v) is 10.3. The summed E-state index contributed by atoms with van der Waals surface area (Å²) in [6.45, 7) is 2.13. The lowest BCUT2D eigenvalue weighted by molar-refractivity contribution is -0.119. The van der Waals surface area contributed by atoms with Crippen LogP contribution in [0.4, 0.5) is 5.69 Å². The maximum Gasteiger partial charge on any atom is 0.228 e. The summed E-state index contributed by atoms with van der Waals surface area (Å²) in [5.74, 6) is -0.275. The van der Waals surface area contributed by atoms with Crippen molar-refractivity contribution < 1.29 is 4.79 Å². The second-order valence-electron chi connectivity index (χ2n) is 3.77. The lowest BCUT2D eigenvalue weighted by Crippen LogP contribution is -2.26. The topological polar surface area (TPSA) is 83.8 Å². The fourth-order valence-corrected chi connectivity index (χ4v) is 1.44. The molecule has 0 saturated heterocycles. The number of halogens is 1. The molecule has 2 rings (SSSR count). The number of carbonyl (C=O) groups excluding carboxylic acids is 1. The molecule has 92 valence electrons. The number of nitrogens with two attached hydrogens (primary N) is 1. The van der Waals surface area contributed by atoms with Gasteiger partial charge in [-0.15, -0.1) is 12.4 Å². The minimum atomic E-state index is -0.196. The molecule has 17 heavy (non-hydrogen) atoms. The molecule has 0 aliphatic rings. The summed E-state index contributed by atoms with van der Waals surface area (Å²) in [7, 11) is 0. The van der Waals surface area contributed by atoms with Crippen LogP contribution in [0.1, 0.15) is 6.92 Å². The highest BCUT2D eigenvalue weighted by molar-refractivity contribution is 6.00. The van der Waals surface area contributed by atoms with Crippen LogP contribution in [0, 0.1) is 5.92 Å². The largest absolute Gasteiger partial charge is 0.330 e. The number of nitrogens with zero attached hydrogens (tertiary/aromatic N) is 1. The highest BCUT2D eigenvalue weighted by Crippen LogP contribution is 2.20. The Labute approximate surface area is 105 Å². The Kier molecular flexibility index (Phi) is 4.48. The van der Waals surface area contributed by atoms with Crippen LogP contribution < -0.4 is 11.1 Å². The van der Waals surface area contributed by atoms with Gasteiger partial charge in [0.25, 0.3) is 0 Å². The van der Waals surface area contributed by atoms with Gasteiger partial charge in [-0.1, -0.05) is 19.1 Å². The minimum absolute atomic E-state index is 0. The van der Waals surface area contributed by atoms with E-state index in [2.05, 4.69) is 15.5 Å². The van der Waals surface area contributed by atoms with E-state index in [-0.39, 0.29) is 24.2 Å². The molecular formula is C11H15ClN4O. The highest BCUT2D eigenvalue weighted by atomic mass is 35.5. The van der Waals surface area contributed by atoms with E-state index in [9.17, 15) is 4.79 Å². The maximum absolute atomic E-state index is 11.7. The van der Waals surface area contributed by atoms with Crippen molar-refractivity contribution in [3.05, 3.63) is 24.4 Å². The molecular weight excluding hydrogens is 240 g/mol. The summed E-state index contributed by atoms with van der Waals surface area (Å²) in [6.07, 6.45) is 1.72. The highest BCUT2D eigenvalue weighted by Gasteiger charge is 2.12. The van der Waals surface area contributed by atoms with Crippen molar-refractivity contribution >= 4 is 34.9 Å². The third-order valence-electron chi connectivity index (χ3n) is 2.54. The Bertz CT molecular complexity index is 511. The summed E-state index contributed by atoms with van der Waals surface area (Å²) < 4.78 is 0. The molecule has 1 unspecified atom stereocenters. The van der Waals surface area contributed by atoms with Crippen molar-refractivity contribution in [2.75, 3.05) is 11.9 Å².